The molecular weight excluding hydrogens is 443 g/mol. The predicted molar refractivity (Wildman–Crippen MR) is 114 cm³/mol. The van der Waals surface area contributed by atoms with Crippen molar-refractivity contribution in [3.05, 3.63) is 53.9 Å². The summed E-state index contributed by atoms with van der Waals surface area (Å²) < 4.78 is 5.09. The van der Waals surface area contributed by atoms with Gasteiger partial charge in [-0.25, -0.2) is 0 Å². The van der Waals surface area contributed by atoms with Gasteiger partial charge >= 0.3 is 29.6 Å². The van der Waals surface area contributed by atoms with Gasteiger partial charge in [0.15, 0.2) is 0 Å². The maximum Gasteiger partial charge on any atom is 1.00 e. The number of hydrazine groups is 1. The van der Waals surface area contributed by atoms with E-state index in [2.05, 4.69) is 10.7 Å². The molecule has 12 heteroatoms. The van der Waals surface area contributed by atoms with Crippen molar-refractivity contribution in [1.82, 2.24) is 10.7 Å². The van der Waals surface area contributed by atoms with Gasteiger partial charge in [0.2, 0.25) is 5.91 Å². The topological polar surface area (TPSA) is 203 Å². The Morgan fingerprint density at radius 2 is 1.88 bits per heavy atom. The van der Waals surface area contributed by atoms with Gasteiger partial charge in [0.1, 0.15) is 30.0 Å². The van der Waals surface area contributed by atoms with Crippen molar-refractivity contribution in [1.29, 1.82) is 0 Å². The number of amides is 1. The van der Waals surface area contributed by atoms with E-state index >= 15 is 0 Å². The van der Waals surface area contributed by atoms with Gasteiger partial charge in [-0.1, -0.05) is 44.2 Å². The average molecular weight is 474 g/mol. The van der Waals surface area contributed by atoms with Crippen LogP contribution in [0.2, 0.25) is 0 Å². The first-order chi connectivity index (χ1) is 15.1. The standard InChI is InChI=1S/C13H21NO7.C8H11N3.Na/c1-6(2)12(18)14-7-3-4-9(13(19)20)21-11(7)10(17)8(16)5-15;9-8(6-11-10)7-4-2-1-3-5-7;/h4,6-8,10-11,15-17H,3,5H2,1-2H3,(H,14,18)(H,19,20);1-6,11H,9-10H2;/q;;+1/p-1/b;8-6-;. The summed E-state index contributed by atoms with van der Waals surface area (Å²) in [7, 11) is 0. The van der Waals surface area contributed by atoms with Crippen LogP contribution in [0.3, 0.4) is 0 Å². The summed E-state index contributed by atoms with van der Waals surface area (Å²) in [6, 6.07) is 8.90. The van der Waals surface area contributed by atoms with Gasteiger partial charge in [0, 0.05) is 12.1 Å². The van der Waals surface area contributed by atoms with Crippen molar-refractivity contribution in [3.8, 4) is 0 Å². The third-order valence-electron chi connectivity index (χ3n) is 4.53. The van der Waals surface area contributed by atoms with Crippen molar-refractivity contribution in [2.75, 3.05) is 6.61 Å². The number of ether oxygens (including phenoxy) is 1. The number of carbonyl (C=O) groups excluding carboxylic acids is 2. The molecule has 0 aromatic heterocycles. The summed E-state index contributed by atoms with van der Waals surface area (Å²) in [4.78, 5) is 22.5. The largest absolute Gasteiger partial charge is 1.00 e. The normalized spacial score (nSPS) is 19.5. The van der Waals surface area contributed by atoms with Crippen LogP contribution >= 0.6 is 0 Å². The van der Waals surface area contributed by atoms with Gasteiger partial charge in [0.25, 0.3) is 0 Å². The van der Waals surface area contributed by atoms with E-state index in [-0.39, 0.29) is 47.8 Å². The number of hydrogen-bond acceptors (Lipinski definition) is 10. The Balaban J connectivity index is 0.000000720. The maximum atomic E-state index is 11.7. The van der Waals surface area contributed by atoms with Crippen LogP contribution in [0.25, 0.3) is 5.70 Å². The SMILES string of the molecule is CC(C)C(=O)NC1CC=C(C(=O)[O-])OC1C(O)C(O)CO.NN/C=C(\N)c1ccccc1.[Na+]. The number of carbonyl (C=O) groups is 2. The number of benzene rings is 1. The molecule has 1 amide bonds. The first kappa shape index (κ1) is 30.9. The summed E-state index contributed by atoms with van der Waals surface area (Å²) in [6.45, 7) is 2.63. The number of aliphatic carboxylic acids is 1. The predicted octanol–water partition coefficient (Wildman–Crippen LogP) is -5.32. The Morgan fingerprint density at radius 3 is 2.36 bits per heavy atom. The molecule has 0 radical (unpaired) electrons. The van der Waals surface area contributed by atoms with Gasteiger partial charge < -0.3 is 46.4 Å². The van der Waals surface area contributed by atoms with Crippen LogP contribution in [0.15, 0.2) is 48.4 Å². The van der Waals surface area contributed by atoms with Gasteiger partial charge in [-0.15, -0.1) is 0 Å². The monoisotopic (exact) mass is 474 g/mol. The molecule has 2 rings (SSSR count). The number of carboxylic acid groups (broad SMARTS) is 1. The number of carboxylic acids is 1. The zero-order valence-corrected chi connectivity index (χ0v) is 21.0. The second-order valence-electron chi connectivity index (χ2n) is 7.32. The van der Waals surface area contributed by atoms with Gasteiger partial charge in [-0.05, 0) is 18.1 Å². The molecular formula is C21H31N4NaO7. The van der Waals surface area contributed by atoms with Crippen LogP contribution in [0.4, 0.5) is 0 Å². The molecule has 178 valence electrons. The van der Waals surface area contributed by atoms with Crippen LogP contribution in [0.5, 0.6) is 0 Å². The Kier molecular flexibility index (Phi) is 14.7. The number of nitrogens with one attached hydrogen (secondary N) is 2. The second-order valence-corrected chi connectivity index (χ2v) is 7.32. The van der Waals surface area contributed by atoms with Crippen molar-refractivity contribution in [2.24, 2.45) is 17.5 Å². The summed E-state index contributed by atoms with van der Waals surface area (Å²) in [5, 5.41) is 41.7. The smallest absolute Gasteiger partial charge is 0.542 e. The zero-order valence-electron chi connectivity index (χ0n) is 19.0. The summed E-state index contributed by atoms with van der Waals surface area (Å²) >= 11 is 0. The Labute approximate surface area is 214 Å². The van der Waals surface area contributed by atoms with Gasteiger partial charge in [-0.2, -0.15) is 0 Å². The first-order valence-corrected chi connectivity index (χ1v) is 9.95. The van der Waals surface area contributed by atoms with Crippen LogP contribution < -0.4 is 57.0 Å². The van der Waals surface area contributed by atoms with Gasteiger partial charge in [-0.3, -0.25) is 10.6 Å². The summed E-state index contributed by atoms with van der Waals surface area (Å²) in [5.74, 6) is 2.42. The molecule has 1 aromatic rings. The third-order valence-corrected chi connectivity index (χ3v) is 4.53. The van der Waals surface area contributed by atoms with E-state index in [1.165, 1.54) is 6.08 Å². The molecule has 0 bridgehead atoms. The Hall–Kier alpha value is -2.12. The van der Waals surface area contributed by atoms with E-state index < -0.39 is 42.7 Å². The average Bonchev–Trinajstić information content (AvgIpc) is 2.79. The molecule has 0 aliphatic carbocycles. The molecule has 11 nitrogen and oxygen atoms in total. The third kappa shape index (κ3) is 10.1. The molecule has 1 aromatic carbocycles. The molecule has 0 saturated heterocycles. The molecule has 1 heterocycles. The van der Waals surface area contributed by atoms with E-state index in [1.807, 2.05) is 30.3 Å². The van der Waals surface area contributed by atoms with Crippen molar-refractivity contribution in [2.45, 2.75) is 44.6 Å². The molecule has 1 aliphatic heterocycles. The van der Waals surface area contributed by atoms with Crippen LogP contribution in [-0.2, 0) is 14.3 Å². The fraction of sp³-hybridized carbons (Fsp3) is 0.429. The maximum absolute atomic E-state index is 11.7. The molecule has 0 saturated carbocycles. The van der Waals surface area contributed by atoms with E-state index in [9.17, 15) is 24.9 Å². The van der Waals surface area contributed by atoms with Crippen LogP contribution in [-0.4, -0.2) is 58.2 Å². The number of aliphatic hydroxyl groups excluding tert-OH is 3. The van der Waals surface area contributed by atoms with Crippen molar-refractivity contribution >= 4 is 17.6 Å². The van der Waals surface area contributed by atoms with Crippen molar-refractivity contribution < 1.29 is 64.3 Å². The van der Waals surface area contributed by atoms with E-state index in [0.717, 1.165) is 5.56 Å². The molecule has 9 N–H and O–H groups in total. The minimum Gasteiger partial charge on any atom is -0.542 e. The second kappa shape index (κ2) is 15.7. The Morgan fingerprint density at radius 1 is 1.27 bits per heavy atom. The quantitative estimate of drug-likeness (QED) is 0.108. The van der Waals surface area contributed by atoms with Crippen LogP contribution in [0, 0.1) is 5.92 Å². The molecule has 0 fully saturated rings. The molecule has 0 spiro atoms. The van der Waals surface area contributed by atoms with Crippen LogP contribution in [0.1, 0.15) is 25.8 Å². The fourth-order valence-corrected chi connectivity index (χ4v) is 2.71. The minimum atomic E-state index is -1.56. The number of hydrogen-bond donors (Lipinski definition) is 7. The van der Waals surface area contributed by atoms with Gasteiger partial charge in [0.05, 0.1) is 18.3 Å². The summed E-state index contributed by atoms with van der Waals surface area (Å²) in [5.41, 5.74) is 9.60. The number of aliphatic hydroxyl groups is 3. The molecule has 1 aliphatic rings. The van der Waals surface area contributed by atoms with E-state index in [1.54, 1.807) is 20.0 Å². The Bertz CT molecular complexity index is 805. The zero-order chi connectivity index (χ0) is 24.3. The number of nitrogens with two attached hydrogens (primary N) is 2. The fourth-order valence-electron chi connectivity index (χ4n) is 2.71. The molecule has 33 heavy (non-hydrogen) atoms. The molecule has 4 unspecified atom stereocenters. The van der Waals surface area contributed by atoms with Crippen molar-refractivity contribution in [3.63, 3.8) is 0 Å². The summed E-state index contributed by atoms with van der Waals surface area (Å²) in [6.07, 6.45) is -1.40. The molecule has 4 atom stereocenters. The first-order valence-electron chi connectivity index (χ1n) is 9.95. The number of rotatable bonds is 8. The van der Waals surface area contributed by atoms with E-state index in [0.29, 0.717) is 5.70 Å². The minimum absolute atomic E-state index is 0. The van der Waals surface area contributed by atoms with E-state index in [4.69, 9.17) is 21.4 Å².